The molecular weight excluding hydrogens is 224 g/mol. The molecule has 0 saturated heterocycles. The number of rotatable bonds is 4. The van der Waals surface area contributed by atoms with E-state index in [9.17, 15) is 5.11 Å². The molecule has 2 N–H and O–H groups in total. The van der Waals surface area contributed by atoms with Crippen LogP contribution in [0.25, 0.3) is 10.9 Å². The lowest BCUT2D eigenvalue weighted by molar-refractivity contribution is 0.0956. The van der Waals surface area contributed by atoms with Crippen LogP contribution < -0.4 is 5.32 Å². The molecule has 96 valence electrons. The van der Waals surface area contributed by atoms with Crippen LogP contribution in [0, 0.1) is 0 Å². The molecule has 0 aliphatic rings. The van der Waals surface area contributed by atoms with Crippen molar-refractivity contribution < 1.29 is 5.11 Å². The Hall–Kier alpha value is -1.45. The van der Waals surface area contributed by atoms with Crippen molar-refractivity contribution >= 4 is 10.9 Å². The molecule has 18 heavy (non-hydrogen) atoms. The van der Waals surface area contributed by atoms with E-state index in [0.29, 0.717) is 0 Å². The van der Waals surface area contributed by atoms with Crippen LogP contribution in [0.2, 0.25) is 0 Å². The van der Waals surface area contributed by atoms with Crippen molar-refractivity contribution in [2.75, 3.05) is 0 Å². The fourth-order valence-corrected chi connectivity index (χ4v) is 1.71. The number of pyridine rings is 1. The first-order valence-electron chi connectivity index (χ1n) is 6.26. The smallest absolute Gasteiger partial charge is 0.0702 e. The standard InChI is InChI=1S/C15H20N2O/c1-11(18)15(2,3)17-10-12-6-7-14-13(9-12)5-4-8-16-14/h4-9,11,17-18H,10H2,1-3H3. The van der Waals surface area contributed by atoms with Crippen LogP contribution in [0.3, 0.4) is 0 Å². The molecule has 0 fully saturated rings. The maximum Gasteiger partial charge on any atom is 0.0702 e. The van der Waals surface area contributed by atoms with Crippen LogP contribution in [0.15, 0.2) is 36.5 Å². The van der Waals surface area contributed by atoms with Crippen molar-refractivity contribution in [3.63, 3.8) is 0 Å². The van der Waals surface area contributed by atoms with E-state index < -0.39 is 0 Å². The average Bonchev–Trinajstić information content (AvgIpc) is 2.36. The lowest BCUT2D eigenvalue weighted by Gasteiger charge is -2.29. The fraction of sp³-hybridized carbons (Fsp3) is 0.400. The Kier molecular flexibility index (Phi) is 3.64. The quantitative estimate of drug-likeness (QED) is 0.868. The minimum absolute atomic E-state index is 0.288. The minimum atomic E-state index is -0.389. The SMILES string of the molecule is CC(O)C(C)(C)NCc1ccc2ncccc2c1. The largest absolute Gasteiger partial charge is 0.392 e. The van der Waals surface area contributed by atoms with Gasteiger partial charge in [0.1, 0.15) is 0 Å². The molecule has 0 amide bonds. The Morgan fingerprint density at radius 1 is 1.33 bits per heavy atom. The Morgan fingerprint density at radius 3 is 2.83 bits per heavy atom. The molecule has 0 aliphatic carbocycles. The number of benzene rings is 1. The molecule has 0 spiro atoms. The topological polar surface area (TPSA) is 45.1 Å². The summed E-state index contributed by atoms with van der Waals surface area (Å²) in [4.78, 5) is 4.30. The molecular formula is C15H20N2O. The van der Waals surface area contributed by atoms with Gasteiger partial charge < -0.3 is 10.4 Å². The minimum Gasteiger partial charge on any atom is -0.392 e. The maximum atomic E-state index is 9.66. The van der Waals surface area contributed by atoms with Crippen LogP contribution in [0.4, 0.5) is 0 Å². The normalized spacial score (nSPS) is 13.8. The van der Waals surface area contributed by atoms with Gasteiger partial charge in [-0.3, -0.25) is 4.98 Å². The maximum absolute atomic E-state index is 9.66. The molecule has 1 aromatic heterocycles. The van der Waals surface area contributed by atoms with E-state index >= 15 is 0 Å². The van der Waals surface area contributed by atoms with Crippen molar-refractivity contribution in [2.45, 2.75) is 39.0 Å². The molecule has 0 radical (unpaired) electrons. The van der Waals surface area contributed by atoms with E-state index in [1.165, 1.54) is 5.56 Å². The molecule has 1 atom stereocenters. The molecule has 1 heterocycles. The van der Waals surface area contributed by atoms with Gasteiger partial charge >= 0.3 is 0 Å². The summed E-state index contributed by atoms with van der Waals surface area (Å²) >= 11 is 0. The van der Waals surface area contributed by atoms with Gasteiger partial charge in [-0.1, -0.05) is 12.1 Å². The number of aliphatic hydroxyl groups excluding tert-OH is 1. The lowest BCUT2D eigenvalue weighted by atomic mass is 9.98. The Morgan fingerprint density at radius 2 is 2.11 bits per heavy atom. The molecule has 2 aromatic rings. The van der Waals surface area contributed by atoms with Gasteiger partial charge in [0.2, 0.25) is 0 Å². The third kappa shape index (κ3) is 2.86. The molecule has 0 aliphatic heterocycles. The van der Waals surface area contributed by atoms with Gasteiger partial charge in [-0.2, -0.15) is 0 Å². The molecule has 2 rings (SSSR count). The van der Waals surface area contributed by atoms with Crippen LogP contribution in [-0.2, 0) is 6.54 Å². The summed E-state index contributed by atoms with van der Waals surface area (Å²) in [5, 5.41) is 14.2. The van der Waals surface area contributed by atoms with Gasteiger partial charge in [0.15, 0.2) is 0 Å². The number of fused-ring (bicyclic) bond motifs is 1. The molecule has 3 heteroatoms. The number of nitrogens with zero attached hydrogens (tertiary/aromatic N) is 1. The Labute approximate surface area is 108 Å². The van der Waals surface area contributed by atoms with Gasteiger partial charge in [0.05, 0.1) is 11.6 Å². The second kappa shape index (κ2) is 5.04. The van der Waals surface area contributed by atoms with E-state index in [-0.39, 0.29) is 11.6 Å². The zero-order chi connectivity index (χ0) is 13.2. The Bertz CT molecular complexity index is 535. The second-order valence-electron chi connectivity index (χ2n) is 5.28. The second-order valence-corrected chi connectivity index (χ2v) is 5.28. The first-order chi connectivity index (χ1) is 8.49. The number of aliphatic hydroxyl groups is 1. The number of nitrogens with one attached hydrogen (secondary N) is 1. The fourth-order valence-electron chi connectivity index (χ4n) is 1.71. The number of aromatic nitrogens is 1. The van der Waals surface area contributed by atoms with Gasteiger partial charge in [-0.15, -0.1) is 0 Å². The summed E-state index contributed by atoms with van der Waals surface area (Å²) in [7, 11) is 0. The van der Waals surface area contributed by atoms with Gasteiger partial charge in [-0.05, 0) is 44.5 Å². The van der Waals surface area contributed by atoms with Crippen LogP contribution in [0.5, 0.6) is 0 Å². The molecule has 0 saturated carbocycles. The van der Waals surface area contributed by atoms with Gasteiger partial charge in [0, 0.05) is 23.7 Å². The van der Waals surface area contributed by atoms with E-state index in [1.807, 2.05) is 26.0 Å². The third-order valence-corrected chi connectivity index (χ3v) is 3.46. The van der Waals surface area contributed by atoms with E-state index in [1.54, 1.807) is 13.1 Å². The third-order valence-electron chi connectivity index (χ3n) is 3.46. The molecule has 1 unspecified atom stereocenters. The molecule has 0 bridgehead atoms. The summed E-state index contributed by atoms with van der Waals surface area (Å²) in [5.41, 5.74) is 1.92. The van der Waals surface area contributed by atoms with E-state index in [2.05, 4.69) is 28.5 Å². The summed E-state index contributed by atoms with van der Waals surface area (Å²) < 4.78 is 0. The highest BCUT2D eigenvalue weighted by Crippen LogP contribution is 2.15. The van der Waals surface area contributed by atoms with Crippen LogP contribution >= 0.6 is 0 Å². The monoisotopic (exact) mass is 244 g/mol. The first kappa shape index (κ1) is 13.0. The average molecular weight is 244 g/mol. The summed E-state index contributed by atoms with van der Waals surface area (Å²) in [6.07, 6.45) is 1.41. The highest BCUT2D eigenvalue weighted by Gasteiger charge is 2.22. The first-order valence-corrected chi connectivity index (χ1v) is 6.26. The molecule has 1 aromatic carbocycles. The van der Waals surface area contributed by atoms with Crippen molar-refractivity contribution in [3.05, 3.63) is 42.1 Å². The van der Waals surface area contributed by atoms with Gasteiger partial charge in [0.25, 0.3) is 0 Å². The zero-order valence-electron chi connectivity index (χ0n) is 11.1. The van der Waals surface area contributed by atoms with Crippen molar-refractivity contribution in [2.24, 2.45) is 0 Å². The van der Waals surface area contributed by atoms with Crippen molar-refractivity contribution in [1.29, 1.82) is 0 Å². The van der Waals surface area contributed by atoms with Crippen LogP contribution in [0.1, 0.15) is 26.3 Å². The van der Waals surface area contributed by atoms with E-state index in [0.717, 1.165) is 17.4 Å². The summed E-state index contributed by atoms with van der Waals surface area (Å²) in [6, 6.07) is 10.2. The Balaban J connectivity index is 2.13. The van der Waals surface area contributed by atoms with Crippen LogP contribution in [-0.4, -0.2) is 21.7 Å². The van der Waals surface area contributed by atoms with Crippen molar-refractivity contribution in [1.82, 2.24) is 10.3 Å². The van der Waals surface area contributed by atoms with Crippen molar-refractivity contribution in [3.8, 4) is 0 Å². The highest BCUT2D eigenvalue weighted by atomic mass is 16.3. The highest BCUT2D eigenvalue weighted by molar-refractivity contribution is 5.78. The van der Waals surface area contributed by atoms with Gasteiger partial charge in [-0.25, -0.2) is 0 Å². The predicted octanol–water partition coefficient (Wildman–Crippen LogP) is 2.48. The molecule has 3 nitrogen and oxygen atoms in total. The number of hydrogen-bond acceptors (Lipinski definition) is 3. The summed E-state index contributed by atoms with van der Waals surface area (Å²) in [6.45, 7) is 6.54. The van der Waals surface area contributed by atoms with E-state index in [4.69, 9.17) is 0 Å². The zero-order valence-corrected chi connectivity index (χ0v) is 11.1. The predicted molar refractivity (Wildman–Crippen MR) is 74.3 cm³/mol. The summed E-state index contributed by atoms with van der Waals surface area (Å²) in [5.74, 6) is 0. The number of hydrogen-bond donors (Lipinski definition) is 2. The lowest BCUT2D eigenvalue weighted by Crippen LogP contribution is -2.47.